The van der Waals surface area contributed by atoms with Crippen molar-refractivity contribution in [1.29, 1.82) is 0 Å². The van der Waals surface area contributed by atoms with Gasteiger partial charge in [0.05, 0.1) is 0 Å². The van der Waals surface area contributed by atoms with Crippen molar-refractivity contribution in [3.8, 4) is 0 Å². The maximum absolute atomic E-state index is 12.2. The molecule has 18 heavy (non-hydrogen) atoms. The highest BCUT2D eigenvalue weighted by molar-refractivity contribution is 5.87. The fraction of sp³-hybridized carbons (Fsp3) is 0.857. The van der Waals surface area contributed by atoms with Crippen LogP contribution in [-0.4, -0.2) is 22.5 Å². The Hall–Kier alpha value is -1.06. The first-order valence-corrected chi connectivity index (χ1v) is 7.05. The average Bonchev–Trinajstić information content (AvgIpc) is 2.27. The summed E-state index contributed by atoms with van der Waals surface area (Å²) in [5.41, 5.74) is -1.13. The van der Waals surface area contributed by atoms with Gasteiger partial charge in [-0.3, -0.25) is 4.79 Å². The molecular formula is C14H25NO3. The van der Waals surface area contributed by atoms with E-state index in [4.69, 9.17) is 5.11 Å². The Balaban J connectivity index is 2.59. The third kappa shape index (κ3) is 4.00. The first-order valence-electron chi connectivity index (χ1n) is 7.05. The van der Waals surface area contributed by atoms with E-state index in [9.17, 15) is 9.59 Å². The van der Waals surface area contributed by atoms with Crippen molar-refractivity contribution in [2.24, 2.45) is 5.92 Å². The highest BCUT2D eigenvalue weighted by Gasteiger charge is 2.34. The lowest BCUT2D eigenvalue weighted by Gasteiger charge is -2.28. The van der Waals surface area contributed by atoms with Gasteiger partial charge in [-0.2, -0.15) is 0 Å². The first-order chi connectivity index (χ1) is 8.49. The molecule has 0 aromatic carbocycles. The Bertz CT molecular complexity index is 295. The number of nitrogens with one attached hydrogen (secondary N) is 1. The van der Waals surface area contributed by atoms with Gasteiger partial charge in [-0.25, -0.2) is 4.79 Å². The fourth-order valence-electron chi connectivity index (χ4n) is 2.39. The molecule has 1 amide bonds. The highest BCUT2D eigenvalue weighted by atomic mass is 16.4. The van der Waals surface area contributed by atoms with Gasteiger partial charge < -0.3 is 10.4 Å². The number of amides is 1. The Morgan fingerprint density at radius 2 is 1.67 bits per heavy atom. The minimum Gasteiger partial charge on any atom is -0.480 e. The second-order valence-electron chi connectivity index (χ2n) is 5.52. The van der Waals surface area contributed by atoms with E-state index in [0.29, 0.717) is 6.42 Å². The topological polar surface area (TPSA) is 66.4 Å². The maximum Gasteiger partial charge on any atom is 0.329 e. The van der Waals surface area contributed by atoms with Crippen molar-refractivity contribution in [2.75, 3.05) is 0 Å². The summed E-state index contributed by atoms with van der Waals surface area (Å²) < 4.78 is 0. The lowest BCUT2D eigenvalue weighted by Crippen LogP contribution is -2.53. The molecule has 1 unspecified atom stereocenters. The summed E-state index contributed by atoms with van der Waals surface area (Å²) in [5, 5.41) is 11.9. The van der Waals surface area contributed by atoms with E-state index in [1.807, 2.05) is 0 Å². The predicted octanol–water partition coefficient (Wildman–Crippen LogP) is 2.72. The van der Waals surface area contributed by atoms with E-state index in [-0.39, 0.29) is 11.8 Å². The third-order valence-corrected chi connectivity index (χ3v) is 4.05. The zero-order valence-electron chi connectivity index (χ0n) is 11.5. The molecule has 1 aliphatic carbocycles. The standard InChI is InChI=1S/C14H25NO3/c1-3-14(2,13(17)18)15-12(16)11-9-7-5-4-6-8-10-11/h11H,3-10H2,1-2H3,(H,15,16)(H,17,18). The van der Waals surface area contributed by atoms with Gasteiger partial charge in [-0.1, -0.05) is 39.0 Å². The van der Waals surface area contributed by atoms with Gasteiger partial charge in [-0.15, -0.1) is 0 Å². The van der Waals surface area contributed by atoms with Crippen molar-refractivity contribution in [1.82, 2.24) is 5.32 Å². The van der Waals surface area contributed by atoms with E-state index < -0.39 is 11.5 Å². The van der Waals surface area contributed by atoms with Crippen LogP contribution in [0.5, 0.6) is 0 Å². The van der Waals surface area contributed by atoms with Crippen molar-refractivity contribution < 1.29 is 14.7 Å². The van der Waals surface area contributed by atoms with E-state index in [1.165, 1.54) is 19.3 Å². The summed E-state index contributed by atoms with van der Waals surface area (Å²) in [5.74, 6) is -1.04. The summed E-state index contributed by atoms with van der Waals surface area (Å²) in [4.78, 5) is 23.3. The van der Waals surface area contributed by atoms with Crippen LogP contribution in [0.3, 0.4) is 0 Å². The molecule has 4 nitrogen and oxygen atoms in total. The molecular weight excluding hydrogens is 230 g/mol. The smallest absolute Gasteiger partial charge is 0.329 e. The van der Waals surface area contributed by atoms with Crippen LogP contribution >= 0.6 is 0 Å². The van der Waals surface area contributed by atoms with Crippen molar-refractivity contribution >= 4 is 11.9 Å². The van der Waals surface area contributed by atoms with E-state index in [0.717, 1.165) is 25.7 Å². The van der Waals surface area contributed by atoms with E-state index in [1.54, 1.807) is 13.8 Å². The van der Waals surface area contributed by atoms with Gasteiger partial charge in [0.1, 0.15) is 5.54 Å². The minimum absolute atomic E-state index is 0.00414. The Morgan fingerprint density at radius 3 is 2.11 bits per heavy atom. The summed E-state index contributed by atoms with van der Waals surface area (Å²) >= 11 is 0. The summed E-state index contributed by atoms with van der Waals surface area (Å²) in [6.45, 7) is 3.36. The van der Waals surface area contributed by atoms with Crippen molar-refractivity contribution in [3.63, 3.8) is 0 Å². The molecule has 1 atom stereocenters. The van der Waals surface area contributed by atoms with Crippen molar-refractivity contribution in [2.45, 2.75) is 70.8 Å². The molecule has 0 spiro atoms. The number of rotatable bonds is 4. The lowest BCUT2D eigenvalue weighted by molar-refractivity contribution is -0.147. The molecule has 1 fully saturated rings. The Morgan fingerprint density at radius 1 is 1.17 bits per heavy atom. The normalized spacial score (nSPS) is 21.4. The molecule has 0 bridgehead atoms. The van der Waals surface area contributed by atoms with E-state index in [2.05, 4.69) is 5.32 Å². The van der Waals surface area contributed by atoms with Crippen LogP contribution in [0, 0.1) is 5.92 Å². The van der Waals surface area contributed by atoms with Crippen LogP contribution in [0.1, 0.15) is 65.2 Å². The van der Waals surface area contributed by atoms with Crippen LogP contribution in [0.2, 0.25) is 0 Å². The second kappa shape index (κ2) is 6.76. The highest BCUT2D eigenvalue weighted by Crippen LogP contribution is 2.23. The molecule has 0 heterocycles. The summed E-state index contributed by atoms with van der Waals surface area (Å²) in [6.07, 6.45) is 7.98. The largest absolute Gasteiger partial charge is 0.480 e. The molecule has 0 aromatic rings. The number of carbonyl (C=O) groups is 2. The van der Waals surface area contributed by atoms with Crippen LogP contribution in [-0.2, 0) is 9.59 Å². The van der Waals surface area contributed by atoms with Gasteiger partial charge in [-0.05, 0) is 26.2 Å². The van der Waals surface area contributed by atoms with Crippen LogP contribution in [0.25, 0.3) is 0 Å². The SMILES string of the molecule is CCC(C)(NC(=O)C1CCCCCCC1)C(=O)O. The quantitative estimate of drug-likeness (QED) is 0.811. The molecule has 0 saturated heterocycles. The fourth-order valence-corrected chi connectivity index (χ4v) is 2.39. The molecule has 1 saturated carbocycles. The predicted molar refractivity (Wildman–Crippen MR) is 70.3 cm³/mol. The Kier molecular flexibility index (Phi) is 5.63. The van der Waals surface area contributed by atoms with Crippen LogP contribution in [0.15, 0.2) is 0 Å². The molecule has 2 N–H and O–H groups in total. The molecule has 0 aliphatic heterocycles. The first kappa shape index (κ1) is 15.0. The average molecular weight is 255 g/mol. The maximum atomic E-state index is 12.2. The van der Waals surface area contributed by atoms with Gasteiger partial charge >= 0.3 is 5.97 Å². The minimum atomic E-state index is -1.13. The van der Waals surface area contributed by atoms with Gasteiger partial charge in [0.2, 0.25) is 5.91 Å². The summed E-state index contributed by atoms with van der Waals surface area (Å²) in [7, 11) is 0. The number of carboxylic acids is 1. The molecule has 104 valence electrons. The molecule has 4 heteroatoms. The number of aliphatic carboxylic acids is 1. The molecule has 1 rings (SSSR count). The monoisotopic (exact) mass is 255 g/mol. The number of hydrogen-bond donors (Lipinski definition) is 2. The zero-order valence-corrected chi connectivity index (χ0v) is 11.5. The number of hydrogen-bond acceptors (Lipinski definition) is 2. The zero-order chi connectivity index (χ0) is 13.6. The van der Waals surface area contributed by atoms with Crippen molar-refractivity contribution in [3.05, 3.63) is 0 Å². The molecule has 0 radical (unpaired) electrons. The summed E-state index contributed by atoms with van der Waals surface area (Å²) in [6, 6.07) is 0. The number of carbonyl (C=O) groups excluding carboxylic acids is 1. The van der Waals surface area contributed by atoms with E-state index >= 15 is 0 Å². The van der Waals surface area contributed by atoms with Crippen LogP contribution in [0.4, 0.5) is 0 Å². The van der Waals surface area contributed by atoms with Gasteiger partial charge in [0, 0.05) is 5.92 Å². The van der Waals surface area contributed by atoms with Crippen LogP contribution < -0.4 is 5.32 Å². The second-order valence-corrected chi connectivity index (χ2v) is 5.52. The van der Waals surface area contributed by atoms with Gasteiger partial charge in [0.25, 0.3) is 0 Å². The molecule has 1 aliphatic rings. The molecule has 0 aromatic heterocycles. The van der Waals surface area contributed by atoms with Gasteiger partial charge in [0.15, 0.2) is 0 Å². The third-order valence-electron chi connectivity index (χ3n) is 4.05. The number of carboxylic acid groups (broad SMARTS) is 1. The lowest BCUT2D eigenvalue weighted by atomic mass is 9.89. The Labute approximate surface area is 109 Å².